The lowest BCUT2D eigenvalue weighted by atomic mass is 10.2. The Bertz CT molecular complexity index is 103. The first kappa shape index (κ1) is 9.54. The fourth-order valence-electron chi connectivity index (χ4n) is 0.984. The van der Waals surface area contributed by atoms with Crippen molar-refractivity contribution in [1.29, 1.82) is 0 Å². The Hall–Kier alpha value is -0.460. The molecule has 60 valence electrons. The molecule has 0 aromatic rings. The van der Waals surface area contributed by atoms with Gasteiger partial charge in [-0.2, -0.15) is 0 Å². The fraction of sp³-hybridized carbons (Fsp3) is 0.778. The van der Waals surface area contributed by atoms with Crippen LogP contribution in [0.15, 0.2) is 11.8 Å². The van der Waals surface area contributed by atoms with E-state index in [1.54, 1.807) is 0 Å². The van der Waals surface area contributed by atoms with E-state index in [2.05, 4.69) is 38.9 Å². The van der Waals surface area contributed by atoms with Crippen molar-refractivity contribution in [3.63, 3.8) is 0 Å². The molecule has 1 heteroatoms. The Labute approximate surface area is 64.7 Å². The van der Waals surface area contributed by atoms with Gasteiger partial charge in [-0.25, -0.2) is 0 Å². The third-order valence-corrected chi connectivity index (χ3v) is 1.69. The summed E-state index contributed by atoms with van der Waals surface area (Å²) in [7, 11) is 4.20. The lowest BCUT2D eigenvalue weighted by Gasteiger charge is -2.16. The van der Waals surface area contributed by atoms with Crippen molar-refractivity contribution in [2.75, 3.05) is 14.1 Å². The van der Waals surface area contributed by atoms with Crippen LogP contribution in [0.4, 0.5) is 0 Å². The van der Waals surface area contributed by atoms with E-state index in [0.717, 1.165) is 0 Å². The molecule has 0 aliphatic rings. The van der Waals surface area contributed by atoms with Gasteiger partial charge in [0.15, 0.2) is 0 Å². The lowest BCUT2D eigenvalue weighted by molar-refractivity contribution is 0.478. The minimum atomic E-state index is 1.22. The van der Waals surface area contributed by atoms with Gasteiger partial charge in [-0.3, -0.25) is 0 Å². The van der Waals surface area contributed by atoms with E-state index in [9.17, 15) is 0 Å². The number of hydrogen-bond acceptors (Lipinski definition) is 1. The van der Waals surface area contributed by atoms with E-state index < -0.39 is 0 Å². The second-order valence-corrected chi connectivity index (χ2v) is 2.78. The molecular formula is C9H19N. The van der Waals surface area contributed by atoms with E-state index in [-0.39, 0.29) is 0 Å². The van der Waals surface area contributed by atoms with Crippen LogP contribution in [0.3, 0.4) is 0 Å². The largest absolute Gasteiger partial charge is 0.381 e. The molecule has 10 heavy (non-hydrogen) atoms. The summed E-state index contributed by atoms with van der Waals surface area (Å²) in [5.74, 6) is 0. The third kappa shape index (κ3) is 3.54. The van der Waals surface area contributed by atoms with Gasteiger partial charge in [-0.05, 0) is 19.8 Å². The Morgan fingerprint density at radius 1 is 1.40 bits per heavy atom. The zero-order valence-electron chi connectivity index (χ0n) is 7.65. The monoisotopic (exact) mass is 141 g/mol. The van der Waals surface area contributed by atoms with E-state index in [4.69, 9.17) is 0 Å². The minimum absolute atomic E-state index is 1.22. The molecule has 0 aromatic carbocycles. The molecule has 0 N–H and O–H groups in total. The summed E-state index contributed by atoms with van der Waals surface area (Å²) in [6, 6.07) is 0. The molecule has 0 aliphatic heterocycles. The van der Waals surface area contributed by atoms with Crippen LogP contribution in [0.2, 0.25) is 0 Å². The first-order valence-electron chi connectivity index (χ1n) is 4.04. The molecule has 0 fully saturated rings. The Morgan fingerprint density at radius 3 is 2.30 bits per heavy atom. The van der Waals surface area contributed by atoms with Crippen LogP contribution in [-0.2, 0) is 0 Å². The molecule has 0 spiro atoms. The number of unbranched alkanes of at least 4 members (excludes halogenated alkanes) is 1. The van der Waals surface area contributed by atoms with Crippen LogP contribution in [0.1, 0.15) is 33.1 Å². The van der Waals surface area contributed by atoms with Crippen LogP contribution in [0.25, 0.3) is 0 Å². The van der Waals surface area contributed by atoms with Crippen LogP contribution >= 0.6 is 0 Å². The van der Waals surface area contributed by atoms with Crippen molar-refractivity contribution in [2.24, 2.45) is 0 Å². The summed E-state index contributed by atoms with van der Waals surface area (Å²) < 4.78 is 0. The summed E-state index contributed by atoms with van der Waals surface area (Å²) in [5, 5.41) is 0. The van der Waals surface area contributed by atoms with E-state index >= 15 is 0 Å². The Morgan fingerprint density at radius 2 is 2.00 bits per heavy atom. The first-order chi connectivity index (χ1) is 4.72. The highest BCUT2D eigenvalue weighted by Gasteiger charge is 1.95. The molecule has 0 bridgehead atoms. The van der Waals surface area contributed by atoms with Crippen LogP contribution in [-0.4, -0.2) is 19.0 Å². The minimum Gasteiger partial charge on any atom is -0.381 e. The molecule has 0 amide bonds. The average Bonchev–Trinajstić information content (AvgIpc) is 1.89. The zero-order valence-corrected chi connectivity index (χ0v) is 7.65. The molecular weight excluding hydrogens is 122 g/mol. The molecule has 0 saturated heterocycles. The van der Waals surface area contributed by atoms with Gasteiger partial charge in [-0.15, -0.1) is 0 Å². The standard InChI is InChI=1S/C9H19N/c1-5-7-8-9(6-2)10(3)4/h6H,5,7-8H2,1-4H3/b9-6-. The maximum Gasteiger partial charge on any atom is 0.00841 e. The third-order valence-electron chi connectivity index (χ3n) is 1.69. The zero-order chi connectivity index (χ0) is 7.98. The number of rotatable bonds is 4. The predicted molar refractivity (Wildman–Crippen MR) is 47.0 cm³/mol. The summed E-state index contributed by atoms with van der Waals surface area (Å²) in [6.45, 7) is 4.33. The van der Waals surface area contributed by atoms with Crippen molar-refractivity contribution in [3.05, 3.63) is 11.8 Å². The fourth-order valence-corrected chi connectivity index (χ4v) is 0.984. The SMILES string of the molecule is C/C=C(/CCCC)N(C)C. The molecule has 0 aliphatic carbocycles. The van der Waals surface area contributed by atoms with Crippen LogP contribution in [0, 0.1) is 0 Å². The predicted octanol–water partition coefficient (Wildman–Crippen LogP) is 2.64. The summed E-state index contributed by atoms with van der Waals surface area (Å²) >= 11 is 0. The van der Waals surface area contributed by atoms with Crippen LogP contribution in [0.5, 0.6) is 0 Å². The second kappa shape index (κ2) is 5.33. The molecule has 0 heterocycles. The normalized spacial score (nSPS) is 11.8. The molecule has 1 nitrogen and oxygen atoms in total. The molecule has 0 saturated carbocycles. The molecule has 0 atom stereocenters. The Balaban J connectivity index is 3.63. The summed E-state index contributed by atoms with van der Waals surface area (Å²) in [6.07, 6.45) is 6.00. The van der Waals surface area contributed by atoms with Gasteiger partial charge < -0.3 is 4.90 Å². The van der Waals surface area contributed by atoms with E-state index in [0.29, 0.717) is 0 Å². The van der Waals surface area contributed by atoms with Crippen molar-refractivity contribution >= 4 is 0 Å². The lowest BCUT2D eigenvalue weighted by Crippen LogP contribution is -2.10. The Kier molecular flexibility index (Phi) is 5.09. The molecule has 0 rings (SSSR count). The molecule has 0 aromatic heterocycles. The van der Waals surface area contributed by atoms with Gasteiger partial charge >= 0.3 is 0 Å². The maximum absolute atomic E-state index is 2.23. The topological polar surface area (TPSA) is 3.24 Å². The molecule has 0 unspecified atom stereocenters. The van der Waals surface area contributed by atoms with Crippen molar-refractivity contribution in [1.82, 2.24) is 4.90 Å². The highest BCUT2D eigenvalue weighted by Crippen LogP contribution is 2.08. The van der Waals surface area contributed by atoms with Gasteiger partial charge in [0.2, 0.25) is 0 Å². The van der Waals surface area contributed by atoms with Gasteiger partial charge in [0.1, 0.15) is 0 Å². The maximum atomic E-state index is 2.23. The van der Waals surface area contributed by atoms with Gasteiger partial charge in [0.25, 0.3) is 0 Å². The number of allylic oxidation sites excluding steroid dienone is 2. The van der Waals surface area contributed by atoms with E-state index in [1.807, 2.05) is 0 Å². The van der Waals surface area contributed by atoms with Crippen molar-refractivity contribution in [2.45, 2.75) is 33.1 Å². The highest BCUT2D eigenvalue weighted by molar-refractivity contribution is 4.96. The van der Waals surface area contributed by atoms with Crippen molar-refractivity contribution in [3.8, 4) is 0 Å². The van der Waals surface area contributed by atoms with Gasteiger partial charge in [0.05, 0.1) is 0 Å². The van der Waals surface area contributed by atoms with Gasteiger partial charge in [-0.1, -0.05) is 19.4 Å². The van der Waals surface area contributed by atoms with E-state index in [1.165, 1.54) is 25.0 Å². The van der Waals surface area contributed by atoms with Crippen molar-refractivity contribution < 1.29 is 0 Å². The van der Waals surface area contributed by atoms with Crippen LogP contribution < -0.4 is 0 Å². The summed E-state index contributed by atoms with van der Waals surface area (Å²) in [5.41, 5.74) is 1.45. The van der Waals surface area contributed by atoms with Gasteiger partial charge in [0, 0.05) is 19.8 Å². The second-order valence-electron chi connectivity index (χ2n) is 2.78. The smallest absolute Gasteiger partial charge is 0.00841 e. The number of nitrogens with zero attached hydrogens (tertiary/aromatic N) is 1. The quantitative estimate of drug-likeness (QED) is 0.581. The highest BCUT2D eigenvalue weighted by atomic mass is 15.1. The average molecular weight is 141 g/mol. The first-order valence-corrected chi connectivity index (χ1v) is 4.04. The summed E-state index contributed by atoms with van der Waals surface area (Å²) in [4.78, 5) is 2.19. The number of hydrogen-bond donors (Lipinski definition) is 0. The molecule has 0 radical (unpaired) electrons.